The van der Waals surface area contributed by atoms with Gasteiger partial charge < -0.3 is 14.9 Å². The highest BCUT2D eigenvalue weighted by atomic mass is 16.4. The number of carboxylic acids is 1. The Hall–Kier alpha value is -2.89. The Bertz CT molecular complexity index is 728. The first-order valence-electron chi connectivity index (χ1n) is 8.83. The van der Waals surface area contributed by atoms with Gasteiger partial charge in [0.05, 0.1) is 12.5 Å². The summed E-state index contributed by atoms with van der Waals surface area (Å²) in [6.07, 6.45) is 4.58. The van der Waals surface area contributed by atoms with Crippen molar-refractivity contribution in [2.24, 2.45) is 5.92 Å². The molecule has 1 aliphatic heterocycles. The molecule has 136 valence electrons. The maximum absolute atomic E-state index is 12.8. The second-order valence-corrected chi connectivity index (χ2v) is 6.55. The average molecular weight is 353 g/mol. The lowest BCUT2D eigenvalue weighted by Crippen LogP contribution is -2.45. The first-order chi connectivity index (χ1) is 12.6. The van der Waals surface area contributed by atoms with Crippen molar-refractivity contribution in [3.05, 3.63) is 60.4 Å². The first kappa shape index (κ1) is 17.9. The second-order valence-electron chi connectivity index (χ2n) is 6.55. The topological polar surface area (TPSA) is 73.7 Å². The van der Waals surface area contributed by atoms with Crippen LogP contribution in [-0.4, -0.2) is 46.5 Å². The number of amides is 1. The minimum absolute atomic E-state index is 0.0292. The molecular weight excluding hydrogens is 330 g/mol. The largest absolute Gasteiger partial charge is 0.481 e. The van der Waals surface area contributed by atoms with Crippen LogP contribution < -0.4 is 4.90 Å². The van der Waals surface area contributed by atoms with Gasteiger partial charge in [0.1, 0.15) is 0 Å². The normalized spacial score (nSPS) is 14.8. The number of carboxylic acid groups (broad SMARTS) is 1. The van der Waals surface area contributed by atoms with Crippen LogP contribution in [0.3, 0.4) is 0 Å². The lowest BCUT2D eigenvalue weighted by Gasteiger charge is -2.33. The van der Waals surface area contributed by atoms with Gasteiger partial charge in [0.15, 0.2) is 0 Å². The van der Waals surface area contributed by atoms with E-state index >= 15 is 0 Å². The van der Waals surface area contributed by atoms with E-state index in [2.05, 4.69) is 4.98 Å². The molecule has 0 aliphatic carbocycles. The second kappa shape index (κ2) is 8.47. The fourth-order valence-electron chi connectivity index (χ4n) is 3.23. The van der Waals surface area contributed by atoms with E-state index in [1.807, 2.05) is 47.4 Å². The van der Waals surface area contributed by atoms with E-state index in [1.165, 1.54) is 0 Å². The molecular formula is C20H23N3O3. The van der Waals surface area contributed by atoms with Gasteiger partial charge in [-0.25, -0.2) is 0 Å². The van der Waals surface area contributed by atoms with Crippen LogP contribution in [0.2, 0.25) is 0 Å². The monoisotopic (exact) mass is 353 g/mol. The summed E-state index contributed by atoms with van der Waals surface area (Å²) in [7, 11) is 0. The van der Waals surface area contributed by atoms with Gasteiger partial charge in [0, 0.05) is 37.7 Å². The standard InChI is InChI=1S/C20H23N3O3/c24-19(22-11-8-17(9-12-22)20(25)26)15-23(18-6-2-1-3-7-18)14-16-5-4-10-21-13-16/h1-7,10,13,17H,8-9,11-12,14-15H2,(H,25,26). The Morgan fingerprint density at radius 2 is 1.85 bits per heavy atom. The van der Waals surface area contributed by atoms with Crippen molar-refractivity contribution < 1.29 is 14.7 Å². The average Bonchev–Trinajstić information content (AvgIpc) is 2.69. The predicted molar refractivity (Wildman–Crippen MR) is 98.7 cm³/mol. The third-order valence-corrected chi connectivity index (χ3v) is 4.74. The molecule has 0 saturated carbocycles. The number of aromatic nitrogens is 1. The van der Waals surface area contributed by atoms with Crippen LogP contribution >= 0.6 is 0 Å². The molecule has 0 atom stereocenters. The number of rotatable bonds is 6. The third-order valence-electron chi connectivity index (χ3n) is 4.74. The number of benzene rings is 1. The molecule has 1 saturated heterocycles. The van der Waals surface area contributed by atoms with Gasteiger partial charge in [-0.05, 0) is 36.6 Å². The quantitative estimate of drug-likeness (QED) is 0.863. The summed E-state index contributed by atoms with van der Waals surface area (Å²) in [5, 5.41) is 9.10. The van der Waals surface area contributed by atoms with Crippen LogP contribution in [-0.2, 0) is 16.1 Å². The minimum atomic E-state index is -0.764. The van der Waals surface area contributed by atoms with Crippen LogP contribution in [0.4, 0.5) is 5.69 Å². The Kier molecular flexibility index (Phi) is 5.84. The van der Waals surface area contributed by atoms with Crippen LogP contribution in [0.25, 0.3) is 0 Å². The van der Waals surface area contributed by atoms with Crippen LogP contribution in [0.15, 0.2) is 54.9 Å². The molecule has 1 fully saturated rings. The molecule has 1 amide bonds. The number of para-hydroxylation sites is 1. The summed E-state index contributed by atoms with van der Waals surface area (Å²) in [5.74, 6) is -1.07. The number of hydrogen-bond donors (Lipinski definition) is 1. The van der Waals surface area contributed by atoms with Crippen molar-refractivity contribution in [3.8, 4) is 0 Å². The Morgan fingerprint density at radius 3 is 2.46 bits per heavy atom. The summed E-state index contributed by atoms with van der Waals surface area (Å²) in [5.41, 5.74) is 2.01. The molecule has 0 radical (unpaired) electrons. The van der Waals surface area contributed by atoms with Crippen molar-refractivity contribution in [2.45, 2.75) is 19.4 Å². The highest BCUT2D eigenvalue weighted by Crippen LogP contribution is 2.20. The molecule has 2 aromatic rings. The number of anilines is 1. The Morgan fingerprint density at radius 1 is 1.12 bits per heavy atom. The molecule has 6 nitrogen and oxygen atoms in total. The van der Waals surface area contributed by atoms with E-state index < -0.39 is 5.97 Å². The van der Waals surface area contributed by atoms with Crippen molar-refractivity contribution in [3.63, 3.8) is 0 Å². The lowest BCUT2D eigenvalue weighted by molar-refractivity contribution is -0.145. The lowest BCUT2D eigenvalue weighted by atomic mass is 9.97. The maximum Gasteiger partial charge on any atom is 0.306 e. The van der Waals surface area contributed by atoms with Gasteiger partial charge in [-0.3, -0.25) is 14.6 Å². The zero-order valence-electron chi connectivity index (χ0n) is 14.6. The first-order valence-corrected chi connectivity index (χ1v) is 8.83. The summed E-state index contributed by atoms with van der Waals surface area (Å²) >= 11 is 0. The molecule has 1 aromatic carbocycles. The molecule has 0 spiro atoms. The predicted octanol–water partition coefficient (Wildman–Crippen LogP) is 2.41. The number of hydrogen-bond acceptors (Lipinski definition) is 4. The fraction of sp³-hybridized carbons (Fsp3) is 0.350. The zero-order valence-corrected chi connectivity index (χ0v) is 14.6. The summed E-state index contributed by atoms with van der Waals surface area (Å²) in [4.78, 5) is 31.8. The van der Waals surface area contributed by atoms with Crippen molar-refractivity contribution in [1.82, 2.24) is 9.88 Å². The molecule has 1 aliphatic rings. The molecule has 26 heavy (non-hydrogen) atoms. The van der Waals surface area contributed by atoms with Gasteiger partial charge in [-0.1, -0.05) is 24.3 Å². The van der Waals surface area contributed by atoms with Crippen LogP contribution in [0.1, 0.15) is 18.4 Å². The van der Waals surface area contributed by atoms with E-state index in [0.29, 0.717) is 32.5 Å². The molecule has 3 rings (SSSR count). The van der Waals surface area contributed by atoms with Gasteiger partial charge in [0.2, 0.25) is 5.91 Å². The van der Waals surface area contributed by atoms with E-state index in [0.717, 1.165) is 11.3 Å². The number of pyridine rings is 1. The smallest absolute Gasteiger partial charge is 0.306 e. The van der Waals surface area contributed by atoms with Gasteiger partial charge >= 0.3 is 5.97 Å². The SMILES string of the molecule is O=C(O)C1CCN(C(=O)CN(Cc2cccnc2)c2ccccc2)CC1. The van der Waals surface area contributed by atoms with E-state index in [1.54, 1.807) is 17.3 Å². The molecule has 1 aromatic heterocycles. The number of likely N-dealkylation sites (tertiary alicyclic amines) is 1. The summed E-state index contributed by atoms with van der Waals surface area (Å²) < 4.78 is 0. The van der Waals surface area contributed by atoms with Crippen LogP contribution in [0, 0.1) is 5.92 Å². The van der Waals surface area contributed by atoms with Crippen molar-refractivity contribution in [2.75, 3.05) is 24.5 Å². The van der Waals surface area contributed by atoms with Gasteiger partial charge in [0.25, 0.3) is 0 Å². The molecule has 0 unspecified atom stereocenters. The van der Waals surface area contributed by atoms with Crippen molar-refractivity contribution in [1.29, 1.82) is 0 Å². The van der Waals surface area contributed by atoms with Crippen LogP contribution in [0.5, 0.6) is 0 Å². The zero-order chi connectivity index (χ0) is 18.4. The van der Waals surface area contributed by atoms with E-state index in [9.17, 15) is 9.59 Å². The summed E-state index contributed by atoms with van der Waals surface area (Å²) in [6.45, 7) is 1.86. The van der Waals surface area contributed by atoms with Crippen molar-refractivity contribution >= 4 is 17.6 Å². The fourth-order valence-corrected chi connectivity index (χ4v) is 3.23. The Balaban J connectivity index is 1.67. The highest BCUT2D eigenvalue weighted by Gasteiger charge is 2.27. The molecule has 2 heterocycles. The minimum Gasteiger partial charge on any atom is -0.481 e. The number of carbonyl (C=O) groups excluding carboxylic acids is 1. The van der Waals surface area contributed by atoms with Gasteiger partial charge in [-0.2, -0.15) is 0 Å². The van der Waals surface area contributed by atoms with E-state index in [-0.39, 0.29) is 18.4 Å². The maximum atomic E-state index is 12.8. The number of nitrogens with zero attached hydrogens (tertiary/aromatic N) is 3. The summed E-state index contributed by atoms with van der Waals surface area (Å²) in [6, 6.07) is 13.7. The van der Waals surface area contributed by atoms with Gasteiger partial charge in [-0.15, -0.1) is 0 Å². The third kappa shape index (κ3) is 4.59. The molecule has 0 bridgehead atoms. The number of aliphatic carboxylic acids is 1. The van der Waals surface area contributed by atoms with E-state index in [4.69, 9.17) is 5.11 Å². The number of piperidine rings is 1. The number of carbonyl (C=O) groups is 2. The molecule has 1 N–H and O–H groups in total. The highest BCUT2D eigenvalue weighted by molar-refractivity contribution is 5.82. The Labute approximate surface area is 153 Å². The molecule has 6 heteroatoms.